The third kappa shape index (κ3) is 23.1. The average molecular weight is 692 g/mol. The van der Waals surface area contributed by atoms with Gasteiger partial charge in [-0.1, -0.05) is 11.0 Å². The molecule has 21 nitrogen and oxygen atoms in total. The van der Waals surface area contributed by atoms with E-state index in [-0.39, 0.29) is 44.1 Å². The Bertz CT molecular complexity index is 1200. The van der Waals surface area contributed by atoms with Gasteiger partial charge in [0.1, 0.15) is 25.2 Å². The summed E-state index contributed by atoms with van der Waals surface area (Å²) in [5.41, 5.74) is 8.16. The number of hydrogen-bond acceptors (Lipinski definition) is 16. The molecule has 24 heteroatoms. The molecular formula is C20H33N5O16P3-3. The van der Waals surface area contributed by atoms with E-state index in [4.69, 9.17) is 24.6 Å². The molecule has 0 radical (unpaired) electrons. The van der Waals surface area contributed by atoms with Gasteiger partial charge >= 0.3 is 6.09 Å². The van der Waals surface area contributed by atoms with Crippen molar-refractivity contribution in [2.45, 2.75) is 64.8 Å². The predicted molar refractivity (Wildman–Crippen MR) is 141 cm³/mol. The largest absolute Gasteiger partial charge is 0.756 e. The van der Waals surface area contributed by atoms with Gasteiger partial charge in [-0.2, -0.15) is 0 Å². The molecule has 1 fully saturated rings. The summed E-state index contributed by atoms with van der Waals surface area (Å²) in [7, 11) is -17.3. The van der Waals surface area contributed by atoms with E-state index in [0.717, 1.165) is 0 Å². The molecule has 1 aliphatic heterocycles. The summed E-state index contributed by atoms with van der Waals surface area (Å²) >= 11 is 0. The van der Waals surface area contributed by atoms with Crippen LogP contribution >= 0.6 is 23.5 Å². The van der Waals surface area contributed by atoms with Gasteiger partial charge < -0.3 is 53.7 Å². The smallest absolute Gasteiger partial charge is 0.407 e. The molecule has 0 bridgehead atoms. The third-order valence-corrected chi connectivity index (χ3v) is 8.37. The normalized spacial score (nSPS) is 21.3. The lowest BCUT2D eigenvalue weighted by Crippen LogP contribution is -2.30. The van der Waals surface area contributed by atoms with Crippen LogP contribution in [0.1, 0.15) is 46.5 Å². The number of amides is 2. The van der Waals surface area contributed by atoms with E-state index in [2.05, 4.69) is 45.6 Å². The molecule has 252 valence electrons. The fourth-order valence-corrected chi connectivity index (χ4v) is 5.89. The van der Waals surface area contributed by atoms with Gasteiger partial charge in [0.2, 0.25) is 5.91 Å². The Morgan fingerprint density at radius 2 is 1.82 bits per heavy atom. The zero-order valence-corrected chi connectivity index (χ0v) is 26.5. The van der Waals surface area contributed by atoms with Crippen LogP contribution in [0.4, 0.5) is 4.79 Å². The summed E-state index contributed by atoms with van der Waals surface area (Å²) in [4.78, 5) is 76.5. The second kappa shape index (κ2) is 21.4. The van der Waals surface area contributed by atoms with Crippen molar-refractivity contribution in [1.29, 1.82) is 0 Å². The van der Waals surface area contributed by atoms with Crippen LogP contribution in [-0.4, -0.2) is 74.0 Å². The molecule has 44 heavy (non-hydrogen) atoms. The van der Waals surface area contributed by atoms with Crippen molar-refractivity contribution in [3.8, 4) is 11.8 Å². The van der Waals surface area contributed by atoms with E-state index in [1.165, 1.54) is 6.92 Å². The SMILES string of the molecule is CC#CCNC(=O)OCCC(=O)NCCCC(C)=O.C[C@H]1CC(OCN=[N+]=[N-])[C@@H](COP(=O)([O-])OP(=O)([O-])OP(=O)([O-])O)O1. The number of carbonyl (C=O) groups excluding carboxylic acids is 3. The number of phosphoric ester groups is 1. The first-order valence-corrected chi connectivity index (χ1v) is 16.9. The van der Waals surface area contributed by atoms with Gasteiger partial charge in [0, 0.05) is 24.3 Å². The molecule has 0 aromatic rings. The minimum atomic E-state index is -5.95. The number of alkyl carbamates (subject to hydrolysis) is 1. The number of hydrogen-bond donors (Lipinski definition) is 3. The van der Waals surface area contributed by atoms with Crippen molar-refractivity contribution in [2.24, 2.45) is 5.11 Å². The van der Waals surface area contributed by atoms with Crippen LogP contribution in [0.25, 0.3) is 10.4 Å². The molecule has 4 unspecified atom stereocenters. The quantitative estimate of drug-likeness (QED) is 0.0421. The van der Waals surface area contributed by atoms with Crippen LogP contribution in [0, 0.1) is 11.8 Å². The van der Waals surface area contributed by atoms with E-state index in [1.54, 1.807) is 13.8 Å². The van der Waals surface area contributed by atoms with Crippen LogP contribution in [0.5, 0.6) is 0 Å². The van der Waals surface area contributed by atoms with Crippen molar-refractivity contribution in [1.82, 2.24) is 10.6 Å². The van der Waals surface area contributed by atoms with Gasteiger partial charge in [-0.05, 0) is 32.7 Å². The average Bonchev–Trinajstić information content (AvgIpc) is 3.23. The van der Waals surface area contributed by atoms with E-state index < -0.39 is 48.4 Å². The summed E-state index contributed by atoms with van der Waals surface area (Å²) in [6.45, 7) is 4.44. The number of ether oxygens (including phenoxy) is 3. The lowest BCUT2D eigenvalue weighted by Gasteiger charge is -2.33. The highest BCUT2D eigenvalue weighted by Crippen LogP contribution is 2.61. The standard InChI is InChI=1S/C13H20N2O4.C7H16N3O12P3/c1-3-4-8-15-13(18)19-10-7-12(17)14-9-5-6-11(2)16;1-5-2-6(18-4-9-10-8)7(20-5)3-19-24(14,15)22-25(16,17)21-23(11,12)13/h5-10H2,1-2H3,(H,14,17)(H,15,18);5-7H,2-4H2,1H3,(H,14,15)(H,16,17)(H2,11,12,13)/p-3/t;5-,6?,7+/m.0/s1. The lowest BCUT2D eigenvalue weighted by molar-refractivity contribution is -0.250. The van der Waals surface area contributed by atoms with Gasteiger partial charge in [-0.15, -0.1) is 5.92 Å². The fraction of sp³-hybridized carbons (Fsp3) is 0.750. The van der Waals surface area contributed by atoms with Crippen LogP contribution in [0.15, 0.2) is 5.11 Å². The Kier molecular flexibility index (Phi) is 20.2. The van der Waals surface area contributed by atoms with Gasteiger partial charge in [0.15, 0.2) is 0 Å². The molecule has 2 amide bonds. The Morgan fingerprint density at radius 3 is 2.41 bits per heavy atom. The van der Waals surface area contributed by atoms with E-state index in [1.807, 2.05) is 0 Å². The Labute approximate surface area is 252 Å². The zero-order valence-electron chi connectivity index (χ0n) is 23.9. The fourth-order valence-electron chi connectivity index (χ4n) is 3.00. The minimum Gasteiger partial charge on any atom is -0.756 e. The van der Waals surface area contributed by atoms with Gasteiger partial charge in [0.25, 0.3) is 23.5 Å². The highest BCUT2D eigenvalue weighted by Gasteiger charge is 2.35. The number of rotatable bonds is 18. The van der Waals surface area contributed by atoms with Crippen LogP contribution in [0.2, 0.25) is 0 Å². The van der Waals surface area contributed by atoms with Crippen LogP contribution < -0.4 is 25.3 Å². The van der Waals surface area contributed by atoms with E-state index in [9.17, 15) is 42.8 Å². The number of Topliss-reactive ketones (excluding diaryl/α,β-unsaturated/α-hetero) is 1. The number of carbonyl (C=O) groups is 3. The van der Waals surface area contributed by atoms with Crippen LogP contribution in [0.3, 0.4) is 0 Å². The molecule has 0 spiro atoms. The number of ketones is 1. The number of azide groups is 1. The maximum atomic E-state index is 11.4. The van der Waals surface area contributed by atoms with Crippen LogP contribution in [-0.2, 0) is 50.6 Å². The summed E-state index contributed by atoms with van der Waals surface area (Å²) in [5.74, 6) is 5.18. The summed E-state index contributed by atoms with van der Waals surface area (Å²) in [6.07, 6.45) is -1.13. The highest BCUT2D eigenvalue weighted by molar-refractivity contribution is 7.65. The first kappa shape index (κ1) is 41.6. The van der Waals surface area contributed by atoms with Crippen molar-refractivity contribution in [3.63, 3.8) is 0 Å². The summed E-state index contributed by atoms with van der Waals surface area (Å²) < 4.78 is 58.9. The number of nitrogens with zero attached hydrogens (tertiary/aromatic N) is 3. The first-order chi connectivity index (χ1) is 20.4. The molecule has 1 rings (SSSR count). The van der Waals surface area contributed by atoms with Gasteiger partial charge in [-0.25, -0.2) is 13.4 Å². The van der Waals surface area contributed by atoms with Crippen molar-refractivity contribution in [2.75, 3.05) is 33.0 Å². The number of phosphoric acid groups is 3. The first-order valence-electron chi connectivity index (χ1n) is 12.5. The van der Waals surface area contributed by atoms with E-state index in [0.29, 0.717) is 25.8 Å². The molecule has 1 saturated heterocycles. The molecule has 0 aromatic carbocycles. The predicted octanol–water partition coefficient (Wildman–Crippen LogP) is -0.124. The second-order valence-electron chi connectivity index (χ2n) is 8.43. The third-order valence-electron chi connectivity index (χ3n) is 4.68. The van der Waals surface area contributed by atoms with Gasteiger partial charge in [-0.3, -0.25) is 18.5 Å². The summed E-state index contributed by atoms with van der Waals surface area (Å²) in [6, 6.07) is 0. The Hall–Kier alpha value is -2.39. The molecule has 3 N–H and O–H groups in total. The molecule has 0 aromatic heterocycles. The minimum absolute atomic E-state index is 0.0178. The van der Waals surface area contributed by atoms with E-state index >= 15 is 0 Å². The highest BCUT2D eigenvalue weighted by atomic mass is 31.3. The Morgan fingerprint density at radius 1 is 1.14 bits per heavy atom. The molecule has 0 saturated carbocycles. The Balaban J connectivity index is 0.000000875. The molecule has 6 atom stereocenters. The molecule has 1 aliphatic rings. The second-order valence-corrected chi connectivity index (χ2v) is 12.7. The molecular weight excluding hydrogens is 659 g/mol. The zero-order chi connectivity index (χ0) is 33.8. The monoisotopic (exact) mass is 692 g/mol. The van der Waals surface area contributed by atoms with Crippen molar-refractivity contribution >= 4 is 41.3 Å². The topological polar surface area (TPSA) is 320 Å². The van der Waals surface area contributed by atoms with Gasteiger partial charge in [0.05, 0.1) is 31.8 Å². The maximum absolute atomic E-state index is 11.4. The van der Waals surface area contributed by atoms with Crippen molar-refractivity contribution < 1.29 is 75.0 Å². The molecule has 0 aliphatic carbocycles. The molecule has 1 heterocycles. The lowest BCUT2D eigenvalue weighted by atomic mass is 10.1. The maximum Gasteiger partial charge on any atom is 0.407 e. The van der Waals surface area contributed by atoms with Crippen molar-refractivity contribution in [3.05, 3.63) is 10.4 Å². The number of nitrogens with one attached hydrogen (secondary N) is 2. The summed E-state index contributed by atoms with van der Waals surface area (Å²) in [5, 5.41) is 8.19.